The number of hydrogen-bond acceptors (Lipinski definition) is 4. The molecule has 1 N–H and O–H groups in total. The number of nitrogens with zero attached hydrogens (tertiary/aromatic N) is 2. The molecule has 1 fully saturated rings. The number of rotatable bonds is 5. The number of carbonyl (C=O) groups is 1. The molecule has 1 aromatic carbocycles. The minimum atomic E-state index is -0.209. The molecule has 6 heteroatoms. The van der Waals surface area contributed by atoms with Crippen molar-refractivity contribution in [2.24, 2.45) is 0 Å². The lowest BCUT2D eigenvalue weighted by atomic mass is 10.2. The number of benzene rings is 1. The number of thioether (sulfide) groups is 1. The third-order valence-electron chi connectivity index (χ3n) is 3.78. The Balaban J connectivity index is 1.66. The first kappa shape index (κ1) is 15.8. The molecule has 0 atom stereocenters. The zero-order chi connectivity index (χ0) is 16.1. The van der Waals surface area contributed by atoms with Crippen LogP contribution in [0.5, 0.6) is 0 Å². The fraction of sp³-hybridized carbons (Fsp3) is 0.353. The summed E-state index contributed by atoms with van der Waals surface area (Å²) < 4.78 is 0. The lowest BCUT2D eigenvalue weighted by Gasteiger charge is -2.14. The highest BCUT2D eigenvalue weighted by atomic mass is 32.2. The molecule has 120 valence electrons. The van der Waals surface area contributed by atoms with Gasteiger partial charge in [-0.1, -0.05) is 42.1 Å². The van der Waals surface area contributed by atoms with E-state index in [2.05, 4.69) is 9.97 Å². The van der Waals surface area contributed by atoms with Crippen LogP contribution in [0, 0.1) is 0 Å². The predicted molar refractivity (Wildman–Crippen MR) is 90.4 cm³/mol. The van der Waals surface area contributed by atoms with Gasteiger partial charge in [0.15, 0.2) is 5.16 Å². The molecule has 23 heavy (non-hydrogen) atoms. The number of carbonyl (C=O) groups excluding carboxylic acids is 1. The van der Waals surface area contributed by atoms with Gasteiger partial charge >= 0.3 is 0 Å². The van der Waals surface area contributed by atoms with Crippen LogP contribution in [0.3, 0.4) is 0 Å². The Morgan fingerprint density at radius 2 is 1.96 bits per heavy atom. The number of likely N-dealkylation sites (tertiary alicyclic amines) is 1. The summed E-state index contributed by atoms with van der Waals surface area (Å²) in [5.41, 5.74) is 1.50. The van der Waals surface area contributed by atoms with Crippen LogP contribution in [0.1, 0.15) is 24.1 Å². The van der Waals surface area contributed by atoms with Gasteiger partial charge in [-0.2, -0.15) is 0 Å². The van der Waals surface area contributed by atoms with Crippen molar-refractivity contribution >= 4 is 17.7 Å². The van der Waals surface area contributed by atoms with E-state index in [1.54, 1.807) is 0 Å². The summed E-state index contributed by atoms with van der Waals surface area (Å²) in [6.07, 6.45) is 2.32. The average Bonchev–Trinajstić information content (AvgIpc) is 3.08. The van der Waals surface area contributed by atoms with Crippen molar-refractivity contribution in [3.8, 4) is 0 Å². The normalized spacial score (nSPS) is 14.2. The topological polar surface area (TPSA) is 66.1 Å². The fourth-order valence-electron chi connectivity index (χ4n) is 2.60. The van der Waals surface area contributed by atoms with Gasteiger partial charge in [0.25, 0.3) is 5.56 Å². The fourth-order valence-corrected chi connectivity index (χ4v) is 3.45. The van der Waals surface area contributed by atoms with Crippen LogP contribution in [-0.2, 0) is 17.0 Å². The van der Waals surface area contributed by atoms with Crippen LogP contribution in [0.25, 0.3) is 0 Å². The van der Waals surface area contributed by atoms with Crippen molar-refractivity contribution in [1.29, 1.82) is 0 Å². The molecule has 2 heterocycles. The number of H-pyrrole nitrogens is 1. The minimum Gasteiger partial charge on any atom is -0.342 e. The average molecular weight is 329 g/mol. The summed E-state index contributed by atoms with van der Waals surface area (Å²) in [4.78, 5) is 33.0. The first-order valence-electron chi connectivity index (χ1n) is 7.75. The van der Waals surface area contributed by atoms with Crippen LogP contribution in [-0.4, -0.2) is 33.9 Å². The van der Waals surface area contributed by atoms with Crippen LogP contribution in [0.2, 0.25) is 0 Å². The Labute approximate surface area is 139 Å². The van der Waals surface area contributed by atoms with E-state index in [0.29, 0.717) is 10.9 Å². The van der Waals surface area contributed by atoms with Crippen LogP contribution in [0.15, 0.2) is 46.3 Å². The molecule has 3 rings (SSSR count). The van der Waals surface area contributed by atoms with Crippen LogP contribution in [0.4, 0.5) is 0 Å². The number of amides is 1. The van der Waals surface area contributed by atoms with E-state index in [4.69, 9.17) is 0 Å². The lowest BCUT2D eigenvalue weighted by Crippen LogP contribution is -2.29. The second kappa shape index (κ2) is 7.46. The highest BCUT2D eigenvalue weighted by molar-refractivity contribution is 7.98. The SMILES string of the molecule is O=C(Cc1cc(=O)[nH]c(SCc2ccccc2)n1)N1CCCC1. The molecule has 2 aromatic rings. The van der Waals surface area contributed by atoms with Crippen LogP contribution < -0.4 is 5.56 Å². The van der Waals surface area contributed by atoms with Gasteiger partial charge in [0.1, 0.15) is 0 Å². The van der Waals surface area contributed by atoms with Gasteiger partial charge in [0, 0.05) is 24.9 Å². The van der Waals surface area contributed by atoms with Crippen molar-refractivity contribution in [1.82, 2.24) is 14.9 Å². The molecular weight excluding hydrogens is 310 g/mol. The Morgan fingerprint density at radius 3 is 2.70 bits per heavy atom. The molecule has 1 aliphatic heterocycles. The maximum Gasteiger partial charge on any atom is 0.251 e. The highest BCUT2D eigenvalue weighted by Gasteiger charge is 2.18. The van der Waals surface area contributed by atoms with Gasteiger partial charge in [-0.25, -0.2) is 4.98 Å². The Morgan fingerprint density at radius 1 is 1.22 bits per heavy atom. The van der Waals surface area contributed by atoms with Crippen molar-refractivity contribution in [3.63, 3.8) is 0 Å². The molecule has 0 radical (unpaired) electrons. The first-order chi connectivity index (χ1) is 11.2. The zero-order valence-electron chi connectivity index (χ0n) is 12.8. The molecule has 0 aliphatic carbocycles. The quantitative estimate of drug-likeness (QED) is 0.675. The predicted octanol–water partition coefficient (Wildman–Crippen LogP) is 2.23. The maximum atomic E-state index is 12.2. The molecule has 1 aliphatic rings. The Hall–Kier alpha value is -2.08. The van der Waals surface area contributed by atoms with E-state index >= 15 is 0 Å². The molecule has 0 bridgehead atoms. The molecule has 1 saturated heterocycles. The molecule has 1 amide bonds. The summed E-state index contributed by atoms with van der Waals surface area (Å²) in [7, 11) is 0. The van der Waals surface area contributed by atoms with Crippen molar-refractivity contribution < 1.29 is 4.79 Å². The number of hydrogen-bond donors (Lipinski definition) is 1. The zero-order valence-corrected chi connectivity index (χ0v) is 13.6. The molecular formula is C17H19N3O2S. The maximum absolute atomic E-state index is 12.2. The van der Waals surface area contributed by atoms with Gasteiger partial charge in [-0.3, -0.25) is 9.59 Å². The van der Waals surface area contributed by atoms with Gasteiger partial charge in [0.2, 0.25) is 5.91 Å². The first-order valence-corrected chi connectivity index (χ1v) is 8.74. The summed E-state index contributed by atoms with van der Waals surface area (Å²) in [6.45, 7) is 1.63. The third-order valence-corrected chi connectivity index (χ3v) is 4.73. The van der Waals surface area contributed by atoms with Gasteiger partial charge in [-0.15, -0.1) is 0 Å². The lowest BCUT2D eigenvalue weighted by molar-refractivity contribution is -0.129. The molecule has 0 saturated carbocycles. The second-order valence-corrected chi connectivity index (χ2v) is 6.54. The standard InChI is InChI=1S/C17H19N3O2S/c21-15-10-14(11-16(22)20-8-4-5-9-20)18-17(19-15)23-12-13-6-2-1-3-7-13/h1-3,6-7,10H,4-5,8-9,11-12H2,(H,18,19,21). The van der Waals surface area contributed by atoms with E-state index < -0.39 is 0 Å². The van der Waals surface area contributed by atoms with Crippen molar-refractivity contribution in [2.75, 3.05) is 13.1 Å². The van der Waals surface area contributed by atoms with Gasteiger partial charge in [-0.05, 0) is 18.4 Å². The van der Waals surface area contributed by atoms with Gasteiger partial charge in [0.05, 0.1) is 12.1 Å². The summed E-state index contributed by atoms with van der Waals surface area (Å²) >= 11 is 1.47. The summed E-state index contributed by atoms with van der Waals surface area (Å²) in [5.74, 6) is 0.785. The number of aromatic amines is 1. The van der Waals surface area contributed by atoms with Gasteiger partial charge < -0.3 is 9.88 Å². The van der Waals surface area contributed by atoms with Crippen molar-refractivity contribution in [3.05, 3.63) is 58.0 Å². The van der Waals surface area contributed by atoms with E-state index in [1.807, 2.05) is 35.2 Å². The second-order valence-electron chi connectivity index (χ2n) is 5.58. The van der Waals surface area contributed by atoms with E-state index in [-0.39, 0.29) is 17.9 Å². The van der Waals surface area contributed by atoms with Crippen LogP contribution >= 0.6 is 11.8 Å². The van der Waals surface area contributed by atoms with E-state index in [0.717, 1.165) is 31.7 Å². The number of nitrogens with one attached hydrogen (secondary N) is 1. The minimum absolute atomic E-state index is 0.0552. The van der Waals surface area contributed by atoms with E-state index in [1.165, 1.54) is 23.4 Å². The highest BCUT2D eigenvalue weighted by Crippen LogP contribution is 2.18. The molecule has 5 nitrogen and oxygen atoms in total. The Kier molecular flexibility index (Phi) is 5.12. The molecule has 1 aromatic heterocycles. The largest absolute Gasteiger partial charge is 0.342 e. The third kappa shape index (κ3) is 4.45. The van der Waals surface area contributed by atoms with E-state index in [9.17, 15) is 9.59 Å². The summed E-state index contributed by atoms with van der Waals surface area (Å²) in [5, 5.41) is 0.561. The molecule has 0 unspecified atom stereocenters. The Bertz CT molecular complexity index is 724. The molecule has 0 spiro atoms. The van der Waals surface area contributed by atoms with Crippen molar-refractivity contribution in [2.45, 2.75) is 30.2 Å². The number of aromatic nitrogens is 2. The smallest absolute Gasteiger partial charge is 0.251 e. The monoisotopic (exact) mass is 329 g/mol. The summed E-state index contributed by atoms with van der Waals surface area (Å²) in [6, 6.07) is 11.4.